The van der Waals surface area contributed by atoms with Gasteiger partial charge in [-0.2, -0.15) is 5.10 Å². The van der Waals surface area contributed by atoms with Crippen LogP contribution in [0, 0.1) is 0 Å². The average Bonchev–Trinajstić information content (AvgIpc) is 2.80. The molecule has 0 aliphatic carbocycles. The molecular weight excluding hydrogens is 442 g/mol. The van der Waals surface area contributed by atoms with Gasteiger partial charge in [-0.05, 0) is 11.6 Å². The van der Waals surface area contributed by atoms with E-state index in [9.17, 15) is 9.59 Å². The molecule has 1 heterocycles. The van der Waals surface area contributed by atoms with Crippen molar-refractivity contribution in [3.8, 4) is 0 Å². The minimum atomic E-state index is -0.268. The summed E-state index contributed by atoms with van der Waals surface area (Å²) in [5.74, 6) is -0.452. The lowest BCUT2D eigenvalue weighted by Gasteiger charge is -2.30. The van der Waals surface area contributed by atoms with Gasteiger partial charge < -0.3 is 4.90 Å². The number of hydrogen-bond acceptors (Lipinski definition) is 3. The lowest BCUT2D eigenvalue weighted by atomic mass is 9.99. The molecule has 5 nitrogen and oxygen atoms in total. The predicted molar refractivity (Wildman–Crippen MR) is 122 cm³/mol. The van der Waals surface area contributed by atoms with Crippen LogP contribution in [0.2, 0.25) is 0 Å². The summed E-state index contributed by atoms with van der Waals surface area (Å²) in [4.78, 5) is 27.5. The number of anilines is 1. The predicted octanol–water partition coefficient (Wildman–Crippen LogP) is 4.21. The minimum absolute atomic E-state index is 0.0895. The summed E-state index contributed by atoms with van der Waals surface area (Å²) in [5.41, 5.74) is 4.13. The lowest BCUT2D eigenvalue weighted by molar-refractivity contribution is -0.133. The van der Waals surface area contributed by atoms with E-state index in [0.717, 1.165) is 22.4 Å². The Balaban J connectivity index is 1.88. The van der Waals surface area contributed by atoms with Gasteiger partial charge in [-0.25, -0.2) is 5.01 Å². The van der Waals surface area contributed by atoms with Gasteiger partial charge in [0.15, 0.2) is 0 Å². The van der Waals surface area contributed by atoms with E-state index in [-0.39, 0.29) is 23.7 Å². The zero-order valence-electron chi connectivity index (χ0n) is 16.2. The van der Waals surface area contributed by atoms with E-state index in [1.54, 1.807) is 4.90 Å². The zero-order chi connectivity index (χ0) is 20.9. The molecule has 150 valence electrons. The number of alkyl halides is 1. The Bertz CT molecular complexity index is 1080. The number of halogens is 1. The van der Waals surface area contributed by atoms with Crippen molar-refractivity contribution in [2.45, 2.75) is 6.54 Å². The molecule has 2 amide bonds. The third-order valence-electron chi connectivity index (χ3n) is 4.89. The summed E-state index contributed by atoms with van der Waals surface area (Å²) in [6, 6.07) is 27.2. The van der Waals surface area contributed by atoms with Crippen LogP contribution in [0.4, 0.5) is 5.69 Å². The number of carbonyl (C=O) groups is 2. The van der Waals surface area contributed by atoms with Gasteiger partial charge in [0, 0.05) is 11.1 Å². The van der Waals surface area contributed by atoms with E-state index < -0.39 is 0 Å². The molecule has 0 bridgehead atoms. The largest absolute Gasteiger partial charge is 0.306 e. The highest BCUT2D eigenvalue weighted by Crippen LogP contribution is 2.28. The maximum absolute atomic E-state index is 13.3. The van der Waals surface area contributed by atoms with Crippen LogP contribution in [-0.2, 0) is 16.1 Å². The molecule has 6 heteroatoms. The fraction of sp³-hybridized carbons (Fsp3) is 0.125. The molecule has 0 unspecified atom stereocenters. The molecule has 30 heavy (non-hydrogen) atoms. The van der Waals surface area contributed by atoms with Gasteiger partial charge in [0.25, 0.3) is 5.91 Å². The van der Waals surface area contributed by atoms with E-state index in [2.05, 4.69) is 21.0 Å². The molecule has 0 fully saturated rings. The molecule has 0 N–H and O–H groups in total. The maximum atomic E-state index is 13.3. The molecule has 1 aliphatic rings. The van der Waals surface area contributed by atoms with Crippen LogP contribution in [0.1, 0.15) is 16.7 Å². The lowest BCUT2D eigenvalue weighted by Crippen LogP contribution is -2.43. The SMILES string of the molecule is O=C(CBr)N1CC(=O)N(Cc2ccccc2)c2ccccc2C(c2ccccc2)=N1. The van der Waals surface area contributed by atoms with Crippen LogP contribution < -0.4 is 4.90 Å². The van der Waals surface area contributed by atoms with E-state index >= 15 is 0 Å². The first kappa shape index (κ1) is 20.0. The molecule has 3 aromatic carbocycles. The van der Waals surface area contributed by atoms with Crippen molar-refractivity contribution in [1.29, 1.82) is 0 Å². The summed E-state index contributed by atoms with van der Waals surface area (Å²) in [5, 5.41) is 5.98. The smallest absolute Gasteiger partial charge is 0.253 e. The number of hydrogen-bond donors (Lipinski definition) is 0. The van der Waals surface area contributed by atoms with Crippen LogP contribution in [0.25, 0.3) is 0 Å². The van der Waals surface area contributed by atoms with E-state index in [1.165, 1.54) is 5.01 Å². The van der Waals surface area contributed by atoms with Crippen LogP contribution in [-0.4, -0.2) is 34.4 Å². The van der Waals surface area contributed by atoms with E-state index in [0.29, 0.717) is 12.3 Å². The average molecular weight is 462 g/mol. The summed E-state index contributed by atoms with van der Waals surface area (Å²) in [6.45, 7) is 0.289. The number of rotatable bonds is 4. The minimum Gasteiger partial charge on any atom is -0.306 e. The topological polar surface area (TPSA) is 53.0 Å². The summed E-state index contributed by atoms with van der Waals surface area (Å²) in [6.07, 6.45) is 0. The number of benzene rings is 3. The highest BCUT2D eigenvalue weighted by molar-refractivity contribution is 9.09. The highest BCUT2D eigenvalue weighted by atomic mass is 79.9. The van der Waals surface area contributed by atoms with Gasteiger partial charge >= 0.3 is 0 Å². The van der Waals surface area contributed by atoms with Crippen molar-refractivity contribution in [2.24, 2.45) is 5.10 Å². The van der Waals surface area contributed by atoms with Crippen molar-refractivity contribution in [1.82, 2.24) is 5.01 Å². The molecule has 1 aliphatic heterocycles. The summed E-state index contributed by atoms with van der Waals surface area (Å²) < 4.78 is 0. The van der Waals surface area contributed by atoms with Crippen molar-refractivity contribution in [2.75, 3.05) is 16.8 Å². The Morgan fingerprint density at radius 1 is 0.900 bits per heavy atom. The van der Waals surface area contributed by atoms with Gasteiger partial charge in [0.05, 0.1) is 17.6 Å². The van der Waals surface area contributed by atoms with Gasteiger partial charge in [0.1, 0.15) is 12.3 Å². The summed E-state index contributed by atoms with van der Waals surface area (Å²) >= 11 is 3.21. The molecule has 4 rings (SSSR count). The monoisotopic (exact) mass is 461 g/mol. The molecular formula is C24H20BrN3O2. The van der Waals surface area contributed by atoms with Crippen molar-refractivity contribution in [3.05, 3.63) is 102 Å². The second-order valence-electron chi connectivity index (χ2n) is 6.88. The number of hydrazone groups is 1. The van der Waals surface area contributed by atoms with Crippen LogP contribution in [0.5, 0.6) is 0 Å². The number of amides is 2. The summed E-state index contributed by atoms with van der Waals surface area (Å²) in [7, 11) is 0. The molecule has 0 saturated carbocycles. The van der Waals surface area contributed by atoms with Gasteiger partial charge in [-0.15, -0.1) is 0 Å². The number of fused-ring (bicyclic) bond motifs is 1. The third kappa shape index (κ3) is 4.19. The Hall–Kier alpha value is -3.25. The van der Waals surface area contributed by atoms with Gasteiger partial charge in [0.2, 0.25) is 5.91 Å². The number of nitrogens with zero attached hydrogens (tertiary/aromatic N) is 3. The second kappa shape index (κ2) is 9.05. The molecule has 0 radical (unpaired) electrons. The van der Waals surface area contributed by atoms with Crippen LogP contribution in [0.15, 0.2) is 90.0 Å². The van der Waals surface area contributed by atoms with Crippen LogP contribution >= 0.6 is 15.9 Å². The van der Waals surface area contributed by atoms with E-state index in [4.69, 9.17) is 0 Å². The normalized spacial score (nSPS) is 13.9. The quantitative estimate of drug-likeness (QED) is 0.546. The first-order valence-electron chi connectivity index (χ1n) is 9.61. The molecule has 0 spiro atoms. The molecule has 3 aromatic rings. The first-order chi connectivity index (χ1) is 14.7. The number of para-hydroxylation sites is 1. The van der Waals surface area contributed by atoms with Crippen LogP contribution in [0.3, 0.4) is 0 Å². The first-order valence-corrected chi connectivity index (χ1v) is 10.7. The zero-order valence-corrected chi connectivity index (χ0v) is 17.8. The van der Waals surface area contributed by atoms with Crippen molar-refractivity contribution in [3.63, 3.8) is 0 Å². The van der Waals surface area contributed by atoms with Crippen molar-refractivity contribution < 1.29 is 9.59 Å². The fourth-order valence-corrected chi connectivity index (χ4v) is 3.72. The molecule has 0 atom stereocenters. The van der Waals surface area contributed by atoms with Crippen molar-refractivity contribution >= 4 is 39.1 Å². The van der Waals surface area contributed by atoms with Gasteiger partial charge in [-0.1, -0.05) is 94.8 Å². The second-order valence-corrected chi connectivity index (χ2v) is 7.44. The Morgan fingerprint density at radius 3 is 2.23 bits per heavy atom. The Kier molecular flexibility index (Phi) is 6.05. The highest BCUT2D eigenvalue weighted by Gasteiger charge is 2.28. The molecule has 0 aromatic heterocycles. The Labute approximate surface area is 183 Å². The fourth-order valence-electron chi connectivity index (χ4n) is 3.43. The van der Waals surface area contributed by atoms with E-state index in [1.807, 2.05) is 84.9 Å². The third-order valence-corrected chi connectivity index (χ3v) is 5.37. The molecule has 0 saturated heterocycles. The Morgan fingerprint density at radius 2 is 1.53 bits per heavy atom. The van der Waals surface area contributed by atoms with Gasteiger partial charge in [-0.3, -0.25) is 9.59 Å². The number of carbonyl (C=O) groups excluding carboxylic acids is 2. The maximum Gasteiger partial charge on any atom is 0.253 e. The standard InChI is InChI=1S/C24H20BrN3O2/c25-15-22(29)28-17-23(30)27(16-18-9-3-1-4-10-18)21-14-8-7-13-20(21)24(26-28)19-11-5-2-6-12-19/h1-14H,15-17H2.